The standard InChI is InChI=1S/C30H22N.C5H8O2.Ir/c1-19(2)27-16-21-17-30(31-18-29(21)26-14-8-6-12-24(26)27)28-15-20-9-3-4-10-22(20)23-11-5-7-13-25(23)28;1-4(6)3-5(2)7;/h3-14,16-19H,1-2H3;3,6H,1-2H3;/q-1;;/b;4-3-;. The summed E-state index contributed by atoms with van der Waals surface area (Å²) in [5, 5.41) is 18.2. The van der Waals surface area contributed by atoms with Crippen LogP contribution < -0.4 is 0 Å². The first kappa shape index (κ1) is 28.2. The van der Waals surface area contributed by atoms with E-state index in [4.69, 9.17) is 10.1 Å². The molecule has 0 saturated carbocycles. The number of allylic oxidation sites excluding steroid dienone is 2. The number of hydrogen-bond acceptors (Lipinski definition) is 3. The van der Waals surface area contributed by atoms with Crippen LogP contribution in [-0.2, 0) is 24.9 Å². The molecule has 3 nitrogen and oxygen atoms in total. The normalized spacial score (nSPS) is 11.5. The van der Waals surface area contributed by atoms with E-state index in [1.54, 1.807) is 0 Å². The molecule has 0 saturated heterocycles. The van der Waals surface area contributed by atoms with Crippen molar-refractivity contribution in [2.24, 2.45) is 0 Å². The van der Waals surface area contributed by atoms with Crippen LogP contribution in [0, 0.1) is 6.07 Å². The molecule has 5 aromatic carbocycles. The molecule has 6 aromatic rings. The summed E-state index contributed by atoms with van der Waals surface area (Å²) >= 11 is 0. The van der Waals surface area contributed by atoms with Gasteiger partial charge in [-0.3, -0.25) is 9.78 Å². The van der Waals surface area contributed by atoms with Gasteiger partial charge < -0.3 is 5.11 Å². The van der Waals surface area contributed by atoms with E-state index in [1.807, 2.05) is 6.20 Å². The van der Waals surface area contributed by atoms with Gasteiger partial charge >= 0.3 is 0 Å². The van der Waals surface area contributed by atoms with Crippen LogP contribution in [0.2, 0.25) is 0 Å². The molecule has 0 aliphatic rings. The van der Waals surface area contributed by atoms with Gasteiger partial charge in [-0.05, 0) is 41.5 Å². The molecule has 39 heavy (non-hydrogen) atoms. The molecule has 1 heterocycles. The quantitative estimate of drug-likeness (QED) is 0.0873. The topological polar surface area (TPSA) is 50.2 Å². The van der Waals surface area contributed by atoms with Crippen molar-refractivity contribution in [2.45, 2.75) is 33.6 Å². The fourth-order valence-electron chi connectivity index (χ4n) is 5.11. The molecule has 197 valence electrons. The summed E-state index contributed by atoms with van der Waals surface area (Å²) in [5.74, 6) is 0.395. The first-order valence-electron chi connectivity index (χ1n) is 12.9. The minimum Gasteiger partial charge on any atom is -0.512 e. The average Bonchev–Trinajstić information content (AvgIpc) is 2.91. The number of ketones is 1. The van der Waals surface area contributed by atoms with Gasteiger partial charge in [0.25, 0.3) is 0 Å². The van der Waals surface area contributed by atoms with Crippen molar-refractivity contribution in [2.75, 3.05) is 0 Å². The maximum absolute atomic E-state index is 10.0. The second kappa shape index (κ2) is 11.9. The van der Waals surface area contributed by atoms with Crippen molar-refractivity contribution < 1.29 is 30.0 Å². The number of nitrogens with zero attached hydrogens (tertiary/aromatic N) is 1. The zero-order valence-corrected chi connectivity index (χ0v) is 24.8. The van der Waals surface area contributed by atoms with Crippen molar-refractivity contribution in [3.63, 3.8) is 0 Å². The van der Waals surface area contributed by atoms with E-state index in [0.29, 0.717) is 5.92 Å². The van der Waals surface area contributed by atoms with Crippen LogP contribution >= 0.6 is 0 Å². The van der Waals surface area contributed by atoms with Gasteiger partial charge in [-0.15, -0.1) is 17.5 Å². The molecule has 0 unspecified atom stereocenters. The Morgan fingerprint density at radius 2 is 1.36 bits per heavy atom. The molecular weight excluding hydrogens is 659 g/mol. The Morgan fingerprint density at radius 1 is 0.795 bits per heavy atom. The summed E-state index contributed by atoms with van der Waals surface area (Å²) in [6, 6.07) is 34.0. The van der Waals surface area contributed by atoms with Gasteiger partial charge in [0.2, 0.25) is 0 Å². The van der Waals surface area contributed by atoms with Crippen LogP contribution in [0.25, 0.3) is 54.3 Å². The summed E-state index contributed by atoms with van der Waals surface area (Å²) in [7, 11) is 0. The Morgan fingerprint density at radius 3 is 1.95 bits per heavy atom. The van der Waals surface area contributed by atoms with Crippen LogP contribution in [0.4, 0.5) is 0 Å². The van der Waals surface area contributed by atoms with Crippen LogP contribution in [0.1, 0.15) is 39.2 Å². The zero-order valence-electron chi connectivity index (χ0n) is 22.5. The van der Waals surface area contributed by atoms with E-state index in [9.17, 15) is 4.79 Å². The summed E-state index contributed by atoms with van der Waals surface area (Å²) in [6.07, 6.45) is 3.20. The Balaban J connectivity index is 0.000000394. The van der Waals surface area contributed by atoms with E-state index in [1.165, 1.54) is 63.2 Å². The Hall–Kier alpha value is -3.85. The molecule has 0 amide bonds. The molecule has 1 aromatic heterocycles. The first-order chi connectivity index (χ1) is 18.3. The number of pyridine rings is 1. The van der Waals surface area contributed by atoms with Crippen molar-refractivity contribution in [3.05, 3.63) is 115 Å². The third-order valence-corrected chi connectivity index (χ3v) is 6.74. The Kier molecular flexibility index (Phi) is 8.60. The first-order valence-corrected chi connectivity index (χ1v) is 12.9. The van der Waals surface area contributed by atoms with E-state index in [2.05, 4.69) is 105 Å². The minimum absolute atomic E-state index is 0. The molecule has 1 N–H and O–H groups in total. The number of aromatic nitrogens is 1. The average molecular weight is 689 g/mol. The van der Waals surface area contributed by atoms with E-state index >= 15 is 0 Å². The van der Waals surface area contributed by atoms with Crippen LogP contribution in [0.3, 0.4) is 0 Å². The third-order valence-electron chi connectivity index (χ3n) is 6.74. The van der Waals surface area contributed by atoms with Gasteiger partial charge in [0.05, 0.1) is 5.76 Å². The van der Waals surface area contributed by atoms with E-state index in [-0.39, 0.29) is 31.6 Å². The minimum atomic E-state index is -0.125. The van der Waals surface area contributed by atoms with Gasteiger partial charge in [-0.25, -0.2) is 0 Å². The maximum atomic E-state index is 10.0. The molecule has 0 spiro atoms. The number of hydrogen-bond donors (Lipinski definition) is 1. The number of benzene rings is 5. The Labute approximate surface area is 242 Å². The fourth-order valence-corrected chi connectivity index (χ4v) is 5.11. The molecular formula is C35H30IrNO2-. The monoisotopic (exact) mass is 689 g/mol. The van der Waals surface area contributed by atoms with Crippen molar-refractivity contribution in [3.8, 4) is 11.3 Å². The predicted molar refractivity (Wildman–Crippen MR) is 160 cm³/mol. The molecule has 0 aliphatic heterocycles. The molecule has 0 atom stereocenters. The van der Waals surface area contributed by atoms with Gasteiger partial charge in [0, 0.05) is 43.5 Å². The number of carbonyl (C=O) groups excluding carboxylic acids is 1. The maximum Gasteiger partial charge on any atom is 0.155 e. The van der Waals surface area contributed by atoms with Gasteiger partial charge in [0.1, 0.15) is 0 Å². The summed E-state index contributed by atoms with van der Waals surface area (Å²) in [5.41, 5.74) is 3.42. The number of carbonyl (C=O) groups is 1. The fraction of sp³-hybridized carbons (Fsp3) is 0.143. The zero-order chi connectivity index (χ0) is 26.8. The van der Waals surface area contributed by atoms with E-state index in [0.717, 1.165) is 16.6 Å². The third kappa shape index (κ3) is 5.78. The molecule has 0 aliphatic carbocycles. The van der Waals surface area contributed by atoms with Gasteiger partial charge in [-0.2, -0.15) is 0 Å². The van der Waals surface area contributed by atoms with E-state index < -0.39 is 0 Å². The molecule has 1 radical (unpaired) electrons. The number of aliphatic hydroxyl groups is 1. The molecule has 4 heteroatoms. The smallest absolute Gasteiger partial charge is 0.155 e. The summed E-state index contributed by atoms with van der Waals surface area (Å²) in [4.78, 5) is 14.9. The number of rotatable bonds is 3. The van der Waals surface area contributed by atoms with Crippen LogP contribution in [-0.4, -0.2) is 15.9 Å². The largest absolute Gasteiger partial charge is 0.512 e. The van der Waals surface area contributed by atoms with Crippen molar-refractivity contribution >= 4 is 48.9 Å². The van der Waals surface area contributed by atoms with Crippen LogP contribution in [0.15, 0.2) is 103 Å². The van der Waals surface area contributed by atoms with Gasteiger partial charge in [-0.1, -0.05) is 114 Å². The molecule has 0 fully saturated rings. The molecule has 0 bridgehead atoms. The van der Waals surface area contributed by atoms with Crippen molar-refractivity contribution in [1.82, 2.24) is 4.98 Å². The second-order valence-corrected chi connectivity index (χ2v) is 9.94. The Bertz CT molecular complexity index is 1850. The molecule has 6 rings (SSSR count). The summed E-state index contributed by atoms with van der Waals surface area (Å²) in [6.45, 7) is 7.38. The summed E-state index contributed by atoms with van der Waals surface area (Å²) < 4.78 is 0. The number of aliphatic hydroxyl groups excluding tert-OH is 1. The van der Waals surface area contributed by atoms with Crippen molar-refractivity contribution in [1.29, 1.82) is 0 Å². The van der Waals surface area contributed by atoms with Crippen LogP contribution in [0.5, 0.6) is 0 Å². The number of fused-ring (bicyclic) bond motifs is 6. The van der Waals surface area contributed by atoms with Gasteiger partial charge in [0.15, 0.2) is 5.78 Å². The SMILES string of the molecule is CC(=O)/C=C(/C)O.CC(C)c1cc2cc(-c3[c-]c4ccccc4c4ccccc34)ncc2c2ccccc12.[Ir]. The predicted octanol–water partition coefficient (Wildman–Crippen LogP) is 9.32. The second-order valence-electron chi connectivity index (χ2n) is 9.94.